The van der Waals surface area contributed by atoms with Gasteiger partial charge in [0.15, 0.2) is 0 Å². The van der Waals surface area contributed by atoms with Crippen LogP contribution in [0.1, 0.15) is 20.3 Å². The topological polar surface area (TPSA) is 52.6 Å². The van der Waals surface area contributed by atoms with E-state index in [4.69, 9.17) is 0 Å². The van der Waals surface area contributed by atoms with Crippen LogP contribution in [-0.2, 0) is 19.1 Å². The molecule has 0 aromatic heterocycles. The van der Waals surface area contributed by atoms with Crippen molar-refractivity contribution in [1.82, 2.24) is 0 Å². The maximum absolute atomic E-state index is 11.2. The van der Waals surface area contributed by atoms with Crippen LogP contribution in [0.25, 0.3) is 0 Å². The highest BCUT2D eigenvalue weighted by Crippen LogP contribution is 2.17. The summed E-state index contributed by atoms with van der Waals surface area (Å²) in [5, 5.41) is 0. The average molecular weight is 188 g/mol. The number of ether oxygens (including phenoxy) is 2. The van der Waals surface area contributed by atoms with E-state index in [0.29, 0.717) is 0 Å². The van der Waals surface area contributed by atoms with E-state index in [-0.39, 0.29) is 24.3 Å². The highest BCUT2D eigenvalue weighted by molar-refractivity contribution is 5.79. The Morgan fingerprint density at radius 1 is 1.15 bits per heavy atom. The summed E-state index contributed by atoms with van der Waals surface area (Å²) in [6, 6.07) is 0. The number of hydrogen-bond donors (Lipinski definition) is 0. The maximum atomic E-state index is 11.2. The van der Waals surface area contributed by atoms with Gasteiger partial charge in [0, 0.05) is 0 Å². The zero-order chi connectivity index (χ0) is 10.4. The molecule has 0 heterocycles. The summed E-state index contributed by atoms with van der Waals surface area (Å²) in [6.07, 6.45) is 0.0842. The summed E-state index contributed by atoms with van der Waals surface area (Å²) in [7, 11) is 2.62. The molecular formula is C9H16O4. The van der Waals surface area contributed by atoms with Crippen molar-refractivity contribution >= 4 is 11.9 Å². The molecule has 0 rings (SSSR count). The van der Waals surface area contributed by atoms with Gasteiger partial charge in [-0.25, -0.2) is 0 Å². The number of rotatable bonds is 4. The fourth-order valence-corrected chi connectivity index (χ4v) is 1.01. The Kier molecular flexibility index (Phi) is 5.11. The lowest BCUT2D eigenvalue weighted by molar-refractivity contribution is -0.153. The van der Waals surface area contributed by atoms with Gasteiger partial charge in [0.2, 0.25) is 0 Å². The second-order valence-corrected chi connectivity index (χ2v) is 3.15. The zero-order valence-electron chi connectivity index (χ0n) is 8.49. The van der Waals surface area contributed by atoms with Crippen LogP contribution in [0.2, 0.25) is 0 Å². The Labute approximate surface area is 78.2 Å². The highest BCUT2D eigenvalue weighted by Gasteiger charge is 2.26. The van der Waals surface area contributed by atoms with Crippen LogP contribution in [0.4, 0.5) is 0 Å². The first-order valence-electron chi connectivity index (χ1n) is 4.17. The molecule has 0 fully saturated rings. The van der Waals surface area contributed by atoms with Gasteiger partial charge >= 0.3 is 11.9 Å². The van der Waals surface area contributed by atoms with Crippen LogP contribution >= 0.6 is 0 Å². The fraction of sp³-hybridized carbons (Fsp3) is 0.778. The molecule has 0 aromatic carbocycles. The van der Waals surface area contributed by atoms with Gasteiger partial charge in [-0.15, -0.1) is 0 Å². The highest BCUT2D eigenvalue weighted by atomic mass is 16.5. The first kappa shape index (κ1) is 11.9. The van der Waals surface area contributed by atoms with E-state index in [1.807, 2.05) is 13.8 Å². The minimum Gasteiger partial charge on any atom is -0.469 e. The molecule has 0 aliphatic rings. The van der Waals surface area contributed by atoms with Crippen molar-refractivity contribution < 1.29 is 19.1 Å². The largest absolute Gasteiger partial charge is 0.469 e. The zero-order valence-corrected chi connectivity index (χ0v) is 8.49. The Bertz CT molecular complexity index is 186. The lowest BCUT2D eigenvalue weighted by Gasteiger charge is -2.16. The van der Waals surface area contributed by atoms with E-state index < -0.39 is 5.92 Å². The standard InChI is InChI=1S/C9H16O4/c1-6(2)7(9(11)13-4)5-8(10)12-3/h6-7H,5H2,1-4H3. The second-order valence-electron chi connectivity index (χ2n) is 3.15. The van der Waals surface area contributed by atoms with Crippen molar-refractivity contribution in [2.75, 3.05) is 14.2 Å². The summed E-state index contributed by atoms with van der Waals surface area (Å²) >= 11 is 0. The average Bonchev–Trinajstić information content (AvgIpc) is 2.11. The molecular weight excluding hydrogens is 172 g/mol. The predicted molar refractivity (Wildman–Crippen MR) is 47.0 cm³/mol. The smallest absolute Gasteiger partial charge is 0.309 e. The third-order valence-electron chi connectivity index (χ3n) is 1.92. The first-order chi connectivity index (χ1) is 6.02. The van der Waals surface area contributed by atoms with E-state index in [2.05, 4.69) is 9.47 Å². The fourth-order valence-electron chi connectivity index (χ4n) is 1.01. The number of esters is 2. The van der Waals surface area contributed by atoms with Crippen LogP contribution in [-0.4, -0.2) is 26.2 Å². The van der Waals surface area contributed by atoms with Crippen molar-refractivity contribution in [3.63, 3.8) is 0 Å². The number of carbonyl (C=O) groups excluding carboxylic acids is 2. The van der Waals surface area contributed by atoms with Crippen LogP contribution in [0.15, 0.2) is 0 Å². The Morgan fingerprint density at radius 3 is 2.00 bits per heavy atom. The van der Waals surface area contributed by atoms with Gasteiger partial charge in [-0.3, -0.25) is 9.59 Å². The lowest BCUT2D eigenvalue weighted by atomic mass is 9.93. The summed E-state index contributed by atoms with van der Waals surface area (Å²) in [6.45, 7) is 3.73. The molecule has 0 saturated carbocycles. The van der Waals surface area contributed by atoms with E-state index in [1.165, 1.54) is 14.2 Å². The summed E-state index contributed by atoms with van der Waals surface area (Å²) < 4.78 is 9.05. The predicted octanol–water partition coefficient (Wildman–Crippen LogP) is 0.995. The first-order valence-corrected chi connectivity index (χ1v) is 4.17. The summed E-state index contributed by atoms with van der Waals surface area (Å²) in [4.78, 5) is 22.1. The molecule has 0 N–H and O–H groups in total. The molecule has 0 bridgehead atoms. The molecule has 0 amide bonds. The minimum atomic E-state index is -0.405. The van der Waals surface area contributed by atoms with Gasteiger partial charge in [0.25, 0.3) is 0 Å². The van der Waals surface area contributed by atoms with E-state index >= 15 is 0 Å². The molecule has 0 radical (unpaired) electrons. The SMILES string of the molecule is COC(=O)CC(C(=O)OC)C(C)C. The van der Waals surface area contributed by atoms with Gasteiger partial charge in [0.1, 0.15) is 0 Å². The Hall–Kier alpha value is -1.06. The number of carbonyl (C=O) groups is 2. The molecule has 4 heteroatoms. The maximum Gasteiger partial charge on any atom is 0.309 e. The molecule has 76 valence electrons. The van der Waals surface area contributed by atoms with Crippen molar-refractivity contribution in [1.29, 1.82) is 0 Å². The van der Waals surface area contributed by atoms with Gasteiger partial charge in [0.05, 0.1) is 26.6 Å². The summed E-state index contributed by atoms with van der Waals surface area (Å²) in [5.74, 6) is -1.08. The molecule has 4 nitrogen and oxygen atoms in total. The monoisotopic (exact) mass is 188 g/mol. The normalized spacial score (nSPS) is 12.4. The molecule has 1 unspecified atom stereocenters. The second kappa shape index (κ2) is 5.56. The summed E-state index contributed by atoms with van der Waals surface area (Å²) in [5.41, 5.74) is 0. The van der Waals surface area contributed by atoms with E-state index in [1.54, 1.807) is 0 Å². The molecule has 0 aliphatic heterocycles. The van der Waals surface area contributed by atoms with Crippen molar-refractivity contribution in [3.8, 4) is 0 Å². The van der Waals surface area contributed by atoms with Crippen molar-refractivity contribution in [2.24, 2.45) is 11.8 Å². The van der Waals surface area contributed by atoms with Crippen LogP contribution in [0.3, 0.4) is 0 Å². The van der Waals surface area contributed by atoms with Crippen LogP contribution in [0, 0.1) is 11.8 Å². The quantitative estimate of drug-likeness (QED) is 0.617. The molecule has 0 aliphatic carbocycles. The molecule has 0 saturated heterocycles. The van der Waals surface area contributed by atoms with Crippen molar-refractivity contribution in [2.45, 2.75) is 20.3 Å². The lowest BCUT2D eigenvalue weighted by Crippen LogP contribution is -2.25. The van der Waals surface area contributed by atoms with Crippen LogP contribution in [0.5, 0.6) is 0 Å². The minimum absolute atomic E-state index is 0.0755. The van der Waals surface area contributed by atoms with E-state index in [9.17, 15) is 9.59 Å². The van der Waals surface area contributed by atoms with Gasteiger partial charge in [-0.1, -0.05) is 13.8 Å². The Balaban J connectivity index is 4.26. The molecule has 1 atom stereocenters. The molecule has 13 heavy (non-hydrogen) atoms. The van der Waals surface area contributed by atoms with Gasteiger partial charge in [-0.05, 0) is 5.92 Å². The third-order valence-corrected chi connectivity index (χ3v) is 1.92. The molecule has 0 spiro atoms. The van der Waals surface area contributed by atoms with Crippen LogP contribution < -0.4 is 0 Å². The third kappa shape index (κ3) is 3.92. The number of methoxy groups -OCH3 is 2. The molecule has 0 aromatic rings. The van der Waals surface area contributed by atoms with Crippen molar-refractivity contribution in [3.05, 3.63) is 0 Å². The van der Waals surface area contributed by atoms with E-state index in [0.717, 1.165) is 0 Å². The Morgan fingerprint density at radius 2 is 1.69 bits per heavy atom. The van der Waals surface area contributed by atoms with Gasteiger partial charge in [-0.2, -0.15) is 0 Å². The number of hydrogen-bond acceptors (Lipinski definition) is 4. The van der Waals surface area contributed by atoms with Gasteiger partial charge < -0.3 is 9.47 Å².